The molecule has 1 atom stereocenters. The number of urea groups is 1. The molecule has 6 heteroatoms. The first kappa shape index (κ1) is 14.1. The minimum atomic E-state index is -0.874. The van der Waals surface area contributed by atoms with Gasteiger partial charge in [0.15, 0.2) is 0 Å². The van der Waals surface area contributed by atoms with Gasteiger partial charge in [0.2, 0.25) is 0 Å². The summed E-state index contributed by atoms with van der Waals surface area (Å²) in [6.45, 7) is 0.973. The summed E-state index contributed by atoms with van der Waals surface area (Å²) in [4.78, 5) is 24.8. The Balaban J connectivity index is 1.96. The van der Waals surface area contributed by atoms with Gasteiger partial charge in [-0.15, -0.1) is 0 Å². The monoisotopic (exact) mass is 270 g/mol. The lowest BCUT2D eigenvalue weighted by molar-refractivity contribution is -0.138. The van der Waals surface area contributed by atoms with Crippen molar-refractivity contribution in [2.24, 2.45) is 0 Å². The Kier molecular flexibility index (Phi) is 4.29. The van der Waals surface area contributed by atoms with Crippen molar-refractivity contribution in [3.05, 3.63) is 0 Å². The van der Waals surface area contributed by atoms with Gasteiger partial charge in [0.25, 0.3) is 0 Å². The number of rotatable bonds is 3. The maximum atomic E-state index is 12.2. The third-order valence-electron chi connectivity index (χ3n) is 4.11. The van der Waals surface area contributed by atoms with Gasteiger partial charge in [-0.1, -0.05) is 12.8 Å². The number of hydrogen-bond donors (Lipinski definition) is 3. The number of carbonyl (C=O) groups excluding carboxylic acids is 1. The average Bonchev–Trinajstić information content (AvgIpc) is 2.76. The molecule has 2 fully saturated rings. The van der Waals surface area contributed by atoms with Crippen LogP contribution in [0.1, 0.15) is 44.9 Å². The zero-order valence-electron chi connectivity index (χ0n) is 11.1. The normalized spacial score (nSPS) is 26.2. The molecule has 0 bridgehead atoms. The first-order valence-electron chi connectivity index (χ1n) is 6.98. The van der Waals surface area contributed by atoms with E-state index in [4.69, 9.17) is 5.11 Å². The van der Waals surface area contributed by atoms with Gasteiger partial charge in [-0.3, -0.25) is 4.79 Å². The predicted molar refractivity (Wildman–Crippen MR) is 68.8 cm³/mol. The van der Waals surface area contributed by atoms with Crippen molar-refractivity contribution in [2.45, 2.75) is 56.6 Å². The SMILES string of the molecule is O=C(O)CC1(NC(=O)N2CCCC(O)C2)CCCC1. The predicted octanol–water partition coefficient (Wildman–Crippen LogP) is 0.940. The molecule has 1 saturated heterocycles. The number of carbonyl (C=O) groups is 2. The van der Waals surface area contributed by atoms with E-state index in [1.165, 1.54) is 0 Å². The van der Waals surface area contributed by atoms with Crippen LogP contribution in [0.25, 0.3) is 0 Å². The average molecular weight is 270 g/mol. The van der Waals surface area contributed by atoms with Gasteiger partial charge in [-0.05, 0) is 25.7 Å². The standard InChI is InChI=1S/C13H22N2O4/c16-10-4-3-7-15(9-10)12(19)14-13(8-11(17)18)5-1-2-6-13/h10,16H,1-9H2,(H,14,19)(H,17,18). The van der Waals surface area contributed by atoms with Crippen LogP contribution in [-0.4, -0.2) is 51.8 Å². The third kappa shape index (κ3) is 3.59. The Morgan fingerprint density at radius 3 is 2.53 bits per heavy atom. The number of likely N-dealkylation sites (tertiary alicyclic amines) is 1. The summed E-state index contributed by atoms with van der Waals surface area (Å²) < 4.78 is 0. The van der Waals surface area contributed by atoms with Crippen LogP contribution in [-0.2, 0) is 4.79 Å². The van der Waals surface area contributed by atoms with Crippen LogP contribution in [0.2, 0.25) is 0 Å². The van der Waals surface area contributed by atoms with Crippen molar-refractivity contribution in [2.75, 3.05) is 13.1 Å². The number of aliphatic hydroxyl groups excluding tert-OH is 1. The molecule has 2 amide bonds. The number of nitrogens with zero attached hydrogens (tertiary/aromatic N) is 1. The Bertz CT molecular complexity index is 353. The quantitative estimate of drug-likeness (QED) is 0.712. The second-order valence-corrected chi connectivity index (χ2v) is 5.73. The number of aliphatic hydroxyl groups is 1. The highest BCUT2D eigenvalue weighted by Gasteiger charge is 2.38. The van der Waals surface area contributed by atoms with Crippen molar-refractivity contribution in [1.82, 2.24) is 10.2 Å². The smallest absolute Gasteiger partial charge is 0.317 e. The van der Waals surface area contributed by atoms with Gasteiger partial charge in [-0.2, -0.15) is 0 Å². The molecule has 108 valence electrons. The lowest BCUT2D eigenvalue weighted by Crippen LogP contribution is -2.55. The lowest BCUT2D eigenvalue weighted by atomic mass is 9.93. The Hall–Kier alpha value is -1.30. The molecule has 1 aliphatic carbocycles. The van der Waals surface area contributed by atoms with Gasteiger partial charge in [0, 0.05) is 13.1 Å². The second kappa shape index (κ2) is 5.77. The van der Waals surface area contributed by atoms with Crippen LogP contribution in [0.4, 0.5) is 4.79 Å². The molecule has 0 radical (unpaired) electrons. The molecule has 3 N–H and O–H groups in total. The van der Waals surface area contributed by atoms with Crippen molar-refractivity contribution in [3.63, 3.8) is 0 Å². The topological polar surface area (TPSA) is 89.9 Å². The summed E-state index contributed by atoms with van der Waals surface area (Å²) in [5, 5.41) is 21.5. The Morgan fingerprint density at radius 1 is 1.26 bits per heavy atom. The van der Waals surface area contributed by atoms with Crippen molar-refractivity contribution in [1.29, 1.82) is 0 Å². The summed E-state index contributed by atoms with van der Waals surface area (Å²) in [5.41, 5.74) is -0.592. The number of piperidine rings is 1. The van der Waals surface area contributed by atoms with E-state index in [-0.39, 0.29) is 12.5 Å². The molecule has 0 aromatic carbocycles. The number of aliphatic carboxylic acids is 1. The van der Waals surface area contributed by atoms with E-state index < -0.39 is 17.6 Å². The zero-order chi connectivity index (χ0) is 13.9. The molecule has 1 unspecified atom stereocenters. The highest BCUT2D eigenvalue weighted by molar-refractivity contribution is 5.77. The third-order valence-corrected chi connectivity index (χ3v) is 4.11. The van der Waals surface area contributed by atoms with Gasteiger partial charge >= 0.3 is 12.0 Å². The molecular formula is C13H22N2O4. The minimum Gasteiger partial charge on any atom is -0.481 e. The van der Waals surface area contributed by atoms with Gasteiger partial charge in [-0.25, -0.2) is 4.79 Å². The summed E-state index contributed by atoms with van der Waals surface area (Å²) >= 11 is 0. The van der Waals surface area contributed by atoms with E-state index in [1.54, 1.807) is 4.90 Å². The molecular weight excluding hydrogens is 248 g/mol. The molecule has 6 nitrogen and oxygen atoms in total. The fourth-order valence-corrected chi connectivity index (χ4v) is 3.13. The lowest BCUT2D eigenvalue weighted by Gasteiger charge is -2.35. The first-order chi connectivity index (χ1) is 9.01. The molecule has 0 aromatic rings. The van der Waals surface area contributed by atoms with Crippen LogP contribution < -0.4 is 5.32 Å². The second-order valence-electron chi connectivity index (χ2n) is 5.73. The maximum absolute atomic E-state index is 12.2. The van der Waals surface area contributed by atoms with Crippen molar-refractivity contribution in [3.8, 4) is 0 Å². The number of carboxylic acid groups (broad SMARTS) is 1. The molecule has 1 heterocycles. The van der Waals surface area contributed by atoms with Crippen molar-refractivity contribution >= 4 is 12.0 Å². The molecule has 1 saturated carbocycles. The van der Waals surface area contributed by atoms with Crippen LogP contribution in [0.5, 0.6) is 0 Å². The fourth-order valence-electron chi connectivity index (χ4n) is 3.13. The summed E-state index contributed by atoms with van der Waals surface area (Å²) in [6.07, 6.45) is 4.40. The number of hydrogen-bond acceptors (Lipinski definition) is 3. The van der Waals surface area contributed by atoms with E-state index in [0.717, 1.165) is 38.5 Å². The van der Waals surface area contributed by atoms with E-state index in [9.17, 15) is 14.7 Å². The summed E-state index contributed by atoms with van der Waals surface area (Å²) in [7, 11) is 0. The summed E-state index contributed by atoms with van der Waals surface area (Å²) in [6, 6.07) is -0.234. The largest absolute Gasteiger partial charge is 0.481 e. The van der Waals surface area contributed by atoms with Crippen molar-refractivity contribution < 1.29 is 19.8 Å². The molecule has 0 aromatic heterocycles. The maximum Gasteiger partial charge on any atom is 0.317 e. The number of amides is 2. The molecule has 2 aliphatic rings. The highest BCUT2D eigenvalue weighted by atomic mass is 16.4. The summed E-state index contributed by atoms with van der Waals surface area (Å²) in [5.74, 6) is -0.874. The first-order valence-corrected chi connectivity index (χ1v) is 6.98. The van der Waals surface area contributed by atoms with Gasteiger partial charge < -0.3 is 20.4 Å². The highest BCUT2D eigenvalue weighted by Crippen LogP contribution is 2.33. The number of carboxylic acids is 1. The molecule has 0 spiro atoms. The van der Waals surface area contributed by atoms with E-state index in [2.05, 4.69) is 5.32 Å². The zero-order valence-corrected chi connectivity index (χ0v) is 11.1. The molecule has 1 aliphatic heterocycles. The van der Waals surface area contributed by atoms with E-state index >= 15 is 0 Å². The number of nitrogens with one attached hydrogen (secondary N) is 1. The van der Waals surface area contributed by atoms with Crippen LogP contribution >= 0.6 is 0 Å². The van der Waals surface area contributed by atoms with Crippen LogP contribution in [0, 0.1) is 0 Å². The Morgan fingerprint density at radius 2 is 1.95 bits per heavy atom. The van der Waals surface area contributed by atoms with Crippen LogP contribution in [0.3, 0.4) is 0 Å². The van der Waals surface area contributed by atoms with Gasteiger partial charge in [0.1, 0.15) is 0 Å². The van der Waals surface area contributed by atoms with Crippen LogP contribution in [0.15, 0.2) is 0 Å². The van der Waals surface area contributed by atoms with E-state index in [1.807, 2.05) is 0 Å². The minimum absolute atomic E-state index is 0.0187. The van der Waals surface area contributed by atoms with Gasteiger partial charge in [0.05, 0.1) is 18.1 Å². The number of β-amino-alcohol motifs (C(OH)–C–C–N with tert-alkyl or cyclic N) is 1. The fraction of sp³-hybridized carbons (Fsp3) is 0.846. The molecule has 2 rings (SSSR count). The molecule has 19 heavy (non-hydrogen) atoms. The van der Waals surface area contributed by atoms with E-state index in [0.29, 0.717) is 13.1 Å². The Labute approximate surface area is 112 Å².